The minimum atomic E-state index is -0.0401. The van der Waals surface area contributed by atoms with E-state index in [1.54, 1.807) is 0 Å². The van der Waals surface area contributed by atoms with Gasteiger partial charge in [0, 0.05) is 19.6 Å². The molecule has 2 rings (SSSR count). The Bertz CT molecular complexity index is 422. The highest BCUT2D eigenvalue weighted by Crippen LogP contribution is 2.16. The Labute approximate surface area is 121 Å². The van der Waals surface area contributed by atoms with Crippen molar-refractivity contribution in [3.63, 3.8) is 0 Å². The molecule has 0 saturated carbocycles. The van der Waals surface area contributed by atoms with Crippen molar-refractivity contribution in [2.75, 3.05) is 33.9 Å². The van der Waals surface area contributed by atoms with E-state index >= 15 is 0 Å². The van der Waals surface area contributed by atoms with Gasteiger partial charge in [-0.2, -0.15) is 0 Å². The summed E-state index contributed by atoms with van der Waals surface area (Å²) in [5.74, 6) is 0.150. The number of carbonyl (C=O) groups excluding carboxylic acids is 1. The van der Waals surface area contributed by atoms with Crippen molar-refractivity contribution in [3.8, 4) is 0 Å². The summed E-state index contributed by atoms with van der Waals surface area (Å²) in [6.07, 6.45) is 2.00. The first kappa shape index (κ1) is 15.0. The molecule has 1 N–H and O–H groups in total. The summed E-state index contributed by atoms with van der Waals surface area (Å²) >= 11 is 0. The van der Waals surface area contributed by atoms with Crippen molar-refractivity contribution >= 4 is 5.91 Å². The third kappa shape index (κ3) is 3.81. The fourth-order valence-corrected chi connectivity index (χ4v) is 2.64. The largest absolute Gasteiger partial charge is 0.379 e. The van der Waals surface area contributed by atoms with Crippen LogP contribution in [-0.2, 0) is 16.0 Å². The minimum Gasteiger partial charge on any atom is -0.379 e. The molecule has 1 aromatic carbocycles. The second kappa shape index (κ2) is 7.41. The molecule has 20 heavy (non-hydrogen) atoms. The lowest BCUT2D eigenvalue weighted by Crippen LogP contribution is -2.43. The predicted octanol–water partition coefficient (Wildman–Crippen LogP) is 1.31. The Balaban J connectivity index is 1.76. The zero-order valence-corrected chi connectivity index (χ0v) is 12.3. The summed E-state index contributed by atoms with van der Waals surface area (Å²) in [6, 6.07) is 10.5. The number of amides is 1. The van der Waals surface area contributed by atoms with Gasteiger partial charge < -0.3 is 15.0 Å². The number of rotatable bonds is 6. The van der Waals surface area contributed by atoms with E-state index < -0.39 is 0 Å². The van der Waals surface area contributed by atoms with Gasteiger partial charge in [-0.3, -0.25) is 4.79 Å². The van der Waals surface area contributed by atoms with E-state index in [1.165, 1.54) is 5.56 Å². The molecule has 4 heteroatoms. The number of nitrogens with one attached hydrogen (secondary N) is 1. The maximum atomic E-state index is 12.4. The topological polar surface area (TPSA) is 41.6 Å². The van der Waals surface area contributed by atoms with Gasteiger partial charge in [0.15, 0.2) is 0 Å². The summed E-state index contributed by atoms with van der Waals surface area (Å²) in [7, 11) is 3.77. The van der Waals surface area contributed by atoms with Gasteiger partial charge in [-0.15, -0.1) is 0 Å². The molecule has 0 bridgehead atoms. The average molecular weight is 276 g/mol. The van der Waals surface area contributed by atoms with Crippen LogP contribution in [0.1, 0.15) is 12.0 Å². The Hall–Kier alpha value is -1.39. The third-order valence-electron chi connectivity index (χ3n) is 3.95. The van der Waals surface area contributed by atoms with Crippen LogP contribution in [0.15, 0.2) is 30.3 Å². The third-order valence-corrected chi connectivity index (χ3v) is 3.95. The smallest absolute Gasteiger partial charge is 0.229 e. The van der Waals surface area contributed by atoms with Gasteiger partial charge in [0.2, 0.25) is 5.91 Å². The number of benzene rings is 1. The lowest BCUT2D eigenvalue weighted by Gasteiger charge is -2.23. The molecule has 110 valence electrons. The van der Waals surface area contributed by atoms with E-state index in [-0.39, 0.29) is 17.9 Å². The molecule has 0 radical (unpaired) electrons. The first-order valence-corrected chi connectivity index (χ1v) is 7.26. The molecule has 1 amide bonds. The molecule has 1 aliphatic heterocycles. The lowest BCUT2D eigenvalue weighted by atomic mass is 10.0. The molecule has 0 aromatic heterocycles. The van der Waals surface area contributed by atoms with Crippen LogP contribution >= 0.6 is 0 Å². The second-order valence-corrected chi connectivity index (χ2v) is 5.39. The summed E-state index contributed by atoms with van der Waals surface area (Å²) in [5, 5.41) is 3.16. The Kier molecular flexibility index (Phi) is 5.56. The Morgan fingerprint density at radius 1 is 1.35 bits per heavy atom. The fraction of sp³-hybridized carbons (Fsp3) is 0.562. The zero-order valence-electron chi connectivity index (χ0n) is 12.3. The van der Waals surface area contributed by atoms with Gasteiger partial charge in [0.25, 0.3) is 0 Å². The van der Waals surface area contributed by atoms with E-state index in [0.29, 0.717) is 13.2 Å². The number of aryl methyl sites for hydroxylation is 1. The molecular formula is C16H24N2O2. The number of hydrogen-bond acceptors (Lipinski definition) is 3. The van der Waals surface area contributed by atoms with Crippen LogP contribution < -0.4 is 5.32 Å². The first-order chi connectivity index (χ1) is 9.72. The number of likely N-dealkylation sites (N-methyl/N-ethyl adjacent to an activating group) is 1. The highest BCUT2D eigenvalue weighted by molar-refractivity contribution is 5.79. The van der Waals surface area contributed by atoms with Crippen molar-refractivity contribution < 1.29 is 9.53 Å². The van der Waals surface area contributed by atoms with Crippen molar-refractivity contribution in [3.05, 3.63) is 35.9 Å². The molecule has 1 aliphatic rings. The van der Waals surface area contributed by atoms with Crippen LogP contribution in [0, 0.1) is 5.92 Å². The van der Waals surface area contributed by atoms with Gasteiger partial charge >= 0.3 is 0 Å². The SMILES string of the molecule is CNC1COCC1C(=O)N(C)CCCc1ccccc1. The van der Waals surface area contributed by atoms with Gasteiger partial charge in [-0.25, -0.2) is 0 Å². The minimum absolute atomic E-state index is 0.0401. The molecule has 0 spiro atoms. The molecule has 0 aliphatic carbocycles. The first-order valence-electron chi connectivity index (χ1n) is 7.26. The molecule has 1 fully saturated rings. The maximum absolute atomic E-state index is 12.4. The number of nitrogens with zero attached hydrogens (tertiary/aromatic N) is 1. The van der Waals surface area contributed by atoms with Crippen LogP contribution in [-0.4, -0.2) is 50.7 Å². The van der Waals surface area contributed by atoms with Crippen molar-refractivity contribution in [1.82, 2.24) is 10.2 Å². The average Bonchev–Trinajstić information content (AvgIpc) is 2.96. The van der Waals surface area contributed by atoms with E-state index in [0.717, 1.165) is 19.4 Å². The van der Waals surface area contributed by atoms with E-state index in [1.807, 2.05) is 25.1 Å². The second-order valence-electron chi connectivity index (χ2n) is 5.39. The Morgan fingerprint density at radius 3 is 2.80 bits per heavy atom. The van der Waals surface area contributed by atoms with Crippen LogP contribution in [0.5, 0.6) is 0 Å². The molecular weight excluding hydrogens is 252 g/mol. The normalized spacial score (nSPS) is 21.9. The summed E-state index contributed by atoms with van der Waals surface area (Å²) in [5.41, 5.74) is 1.32. The van der Waals surface area contributed by atoms with Gasteiger partial charge in [0.05, 0.1) is 19.1 Å². The van der Waals surface area contributed by atoms with Crippen LogP contribution in [0.2, 0.25) is 0 Å². The summed E-state index contributed by atoms with van der Waals surface area (Å²) in [6.45, 7) is 1.96. The highest BCUT2D eigenvalue weighted by Gasteiger charge is 2.34. The number of ether oxygens (including phenoxy) is 1. The van der Waals surface area contributed by atoms with Crippen molar-refractivity contribution in [1.29, 1.82) is 0 Å². The van der Waals surface area contributed by atoms with Gasteiger partial charge in [-0.05, 0) is 25.5 Å². The van der Waals surface area contributed by atoms with E-state index in [4.69, 9.17) is 4.74 Å². The standard InChI is InChI=1S/C16H24N2O2/c1-17-15-12-20-11-14(15)16(19)18(2)10-6-9-13-7-4-3-5-8-13/h3-5,7-8,14-15,17H,6,9-12H2,1-2H3. The fourth-order valence-electron chi connectivity index (χ4n) is 2.64. The van der Waals surface area contributed by atoms with Gasteiger partial charge in [0.1, 0.15) is 0 Å². The molecule has 1 saturated heterocycles. The molecule has 2 atom stereocenters. The van der Waals surface area contributed by atoms with E-state index in [9.17, 15) is 4.79 Å². The highest BCUT2D eigenvalue weighted by atomic mass is 16.5. The van der Waals surface area contributed by atoms with Crippen molar-refractivity contribution in [2.45, 2.75) is 18.9 Å². The van der Waals surface area contributed by atoms with Crippen molar-refractivity contribution in [2.24, 2.45) is 5.92 Å². The number of carbonyl (C=O) groups is 1. The molecule has 2 unspecified atom stereocenters. The predicted molar refractivity (Wildman–Crippen MR) is 79.6 cm³/mol. The van der Waals surface area contributed by atoms with Crippen LogP contribution in [0.3, 0.4) is 0 Å². The maximum Gasteiger partial charge on any atom is 0.229 e. The molecule has 1 aromatic rings. The molecule has 1 heterocycles. The number of hydrogen-bond donors (Lipinski definition) is 1. The lowest BCUT2D eigenvalue weighted by molar-refractivity contribution is -0.134. The van der Waals surface area contributed by atoms with Gasteiger partial charge in [-0.1, -0.05) is 30.3 Å². The quantitative estimate of drug-likeness (QED) is 0.852. The van der Waals surface area contributed by atoms with Crippen LogP contribution in [0.4, 0.5) is 0 Å². The van der Waals surface area contributed by atoms with E-state index in [2.05, 4.69) is 29.6 Å². The monoisotopic (exact) mass is 276 g/mol. The van der Waals surface area contributed by atoms with Crippen LogP contribution in [0.25, 0.3) is 0 Å². The summed E-state index contributed by atoms with van der Waals surface area (Å²) in [4.78, 5) is 14.2. The zero-order chi connectivity index (χ0) is 14.4. The summed E-state index contributed by atoms with van der Waals surface area (Å²) < 4.78 is 5.40. The molecule has 4 nitrogen and oxygen atoms in total. The Morgan fingerprint density at radius 2 is 2.10 bits per heavy atom.